The number of nitrogens with zero attached hydrogens (tertiary/aromatic N) is 1. The second-order valence-electron chi connectivity index (χ2n) is 3.15. The van der Waals surface area contributed by atoms with E-state index in [0.717, 1.165) is 5.57 Å². The van der Waals surface area contributed by atoms with Crippen molar-refractivity contribution in [3.63, 3.8) is 0 Å². The van der Waals surface area contributed by atoms with Crippen LogP contribution in [0.1, 0.15) is 13.8 Å². The number of allylic oxidation sites excluding steroid dienone is 2. The van der Waals surface area contributed by atoms with Crippen LogP contribution in [0.5, 0.6) is 0 Å². The van der Waals surface area contributed by atoms with Crippen LogP contribution >= 0.6 is 11.6 Å². The summed E-state index contributed by atoms with van der Waals surface area (Å²) in [5, 5.41) is 0.149. The van der Waals surface area contributed by atoms with Gasteiger partial charge in [-0.3, -0.25) is 14.3 Å². The fourth-order valence-corrected chi connectivity index (χ4v) is 1.18. The summed E-state index contributed by atoms with van der Waals surface area (Å²) in [4.78, 5) is 24.2. The third-order valence-electron chi connectivity index (χ3n) is 1.67. The smallest absolute Gasteiger partial charge is 0.280 e. The van der Waals surface area contributed by atoms with Crippen LogP contribution in [0.2, 0.25) is 5.15 Å². The van der Waals surface area contributed by atoms with Crippen molar-refractivity contribution in [3.05, 3.63) is 43.7 Å². The molecule has 0 saturated heterocycles. The van der Waals surface area contributed by atoms with Gasteiger partial charge in [-0.2, -0.15) is 0 Å². The van der Waals surface area contributed by atoms with Crippen LogP contribution in [-0.4, -0.2) is 9.55 Å². The summed E-state index contributed by atoms with van der Waals surface area (Å²) in [6, 6.07) is 1.18. The van der Waals surface area contributed by atoms with E-state index < -0.39 is 11.2 Å². The van der Waals surface area contributed by atoms with E-state index >= 15 is 0 Å². The monoisotopic (exact) mass is 214 g/mol. The predicted octanol–water partition coefficient (Wildman–Crippen LogP) is 1.16. The maximum Gasteiger partial charge on any atom is 0.329 e. The molecule has 5 heteroatoms. The molecular formula is C9H11ClN2O2. The van der Waals surface area contributed by atoms with Gasteiger partial charge in [0.1, 0.15) is 5.15 Å². The predicted molar refractivity (Wildman–Crippen MR) is 55.8 cm³/mol. The zero-order valence-electron chi connectivity index (χ0n) is 8.00. The number of hydrogen-bond acceptors (Lipinski definition) is 2. The summed E-state index contributed by atoms with van der Waals surface area (Å²) in [5.41, 5.74) is 0.118. The molecule has 1 heterocycles. The number of aromatic amines is 1. The van der Waals surface area contributed by atoms with Crippen molar-refractivity contribution in [2.45, 2.75) is 20.4 Å². The van der Waals surface area contributed by atoms with Gasteiger partial charge < -0.3 is 0 Å². The zero-order chi connectivity index (χ0) is 10.7. The van der Waals surface area contributed by atoms with Crippen LogP contribution in [-0.2, 0) is 6.54 Å². The highest BCUT2D eigenvalue weighted by Gasteiger charge is 2.01. The molecule has 0 aliphatic rings. The van der Waals surface area contributed by atoms with Crippen LogP contribution in [0.15, 0.2) is 27.3 Å². The first-order valence-corrected chi connectivity index (χ1v) is 4.51. The minimum atomic E-state index is -0.486. The van der Waals surface area contributed by atoms with E-state index in [1.54, 1.807) is 0 Å². The van der Waals surface area contributed by atoms with Crippen LogP contribution in [0, 0.1) is 0 Å². The summed E-state index contributed by atoms with van der Waals surface area (Å²) in [5.74, 6) is 0. The fourth-order valence-electron chi connectivity index (χ4n) is 0.936. The molecule has 14 heavy (non-hydrogen) atoms. The van der Waals surface area contributed by atoms with Crippen LogP contribution in [0.4, 0.5) is 0 Å². The molecule has 0 aliphatic carbocycles. The van der Waals surface area contributed by atoms with Crippen molar-refractivity contribution in [2.24, 2.45) is 0 Å². The molecular weight excluding hydrogens is 204 g/mol. The first-order chi connectivity index (χ1) is 6.50. The first-order valence-electron chi connectivity index (χ1n) is 4.13. The maximum atomic E-state index is 11.3. The summed E-state index contributed by atoms with van der Waals surface area (Å²) in [6.45, 7) is 4.21. The normalized spacial score (nSPS) is 9.93. The van der Waals surface area contributed by atoms with Gasteiger partial charge in [0.25, 0.3) is 5.56 Å². The Balaban J connectivity index is 3.16. The van der Waals surface area contributed by atoms with Crippen molar-refractivity contribution < 1.29 is 0 Å². The molecule has 0 aromatic carbocycles. The number of aromatic nitrogens is 2. The maximum absolute atomic E-state index is 11.3. The molecule has 0 bridgehead atoms. The Bertz CT molecular complexity index is 466. The average Bonchev–Trinajstić information content (AvgIpc) is 2.01. The third-order valence-corrected chi connectivity index (χ3v) is 1.98. The molecule has 0 atom stereocenters. The first kappa shape index (κ1) is 10.8. The molecule has 0 amide bonds. The molecule has 0 aliphatic heterocycles. The Labute approximate surface area is 85.8 Å². The van der Waals surface area contributed by atoms with Crippen molar-refractivity contribution in [1.82, 2.24) is 9.55 Å². The van der Waals surface area contributed by atoms with Gasteiger partial charge in [-0.25, -0.2) is 4.79 Å². The van der Waals surface area contributed by atoms with E-state index in [2.05, 4.69) is 4.98 Å². The van der Waals surface area contributed by atoms with E-state index in [1.807, 2.05) is 19.9 Å². The lowest BCUT2D eigenvalue weighted by Gasteiger charge is -2.03. The van der Waals surface area contributed by atoms with Gasteiger partial charge in [0.15, 0.2) is 0 Å². The van der Waals surface area contributed by atoms with Gasteiger partial charge >= 0.3 is 5.69 Å². The third kappa shape index (κ3) is 2.60. The summed E-state index contributed by atoms with van der Waals surface area (Å²) in [7, 11) is 0. The summed E-state index contributed by atoms with van der Waals surface area (Å²) >= 11 is 5.73. The lowest BCUT2D eigenvalue weighted by molar-refractivity contribution is 0.733. The molecule has 1 rings (SSSR count). The highest BCUT2D eigenvalue weighted by molar-refractivity contribution is 6.29. The molecule has 0 spiro atoms. The van der Waals surface area contributed by atoms with Crippen molar-refractivity contribution >= 4 is 11.6 Å². The SMILES string of the molecule is CC(C)=CCn1c(Cl)cc(=O)[nH]c1=O. The number of nitrogens with one attached hydrogen (secondary N) is 1. The second kappa shape index (κ2) is 4.28. The zero-order valence-corrected chi connectivity index (χ0v) is 8.76. The number of H-pyrrole nitrogens is 1. The number of hydrogen-bond donors (Lipinski definition) is 1. The van der Waals surface area contributed by atoms with Crippen LogP contribution in [0.25, 0.3) is 0 Å². The standard InChI is InChI=1S/C9H11ClN2O2/c1-6(2)3-4-12-7(10)5-8(13)11-9(12)14/h3,5H,4H2,1-2H3,(H,11,13,14). The molecule has 4 nitrogen and oxygen atoms in total. The molecule has 76 valence electrons. The van der Waals surface area contributed by atoms with Crippen molar-refractivity contribution in [2.75, 3.05) is 0 Å². The molecule has 0 unspecified atom stereocenters. The molecule has 0 fully saturated rings. The van der Waals surface area contributed by atoms with Crippen molar-refractivity contribution in [1.29, 1.82) is 0 Å². The quantitative estimate of drug-likeness (QED) is 0.593. The van der Waals surface area contributed by atoms with Gasteiger partial charge in [-0.1, -0.05) is 23.3 Å². The van der Waals surface area contributed by atoms with E-state index in [4.69, 9.17) is 11.6 Å². The van der Waals surface area contributed by atoms with Crippen molar-refractivity contribution in [3.8, 4) is 0 Å². The van der Waals surface area contributed by atoms with Gasteiger partial charge in [0.05, 0.1) is 0 Å². The Hall–Kier alpha value is -1.29. The van der Waals surface area contributed by atoms with E-state index in [-0.39, 0.29) is 5.15 Å². The van der Waals surface area contributed by atoms with Gasteiger partial charge in [-0.05, 0) is 13.8 Å². The Kier molecular flexibility index (Phi) is 3.30. The van der Waals surface area contributed by atoms with E-state index in [9.17, 15) is 9.59 Å². The Morgan fingerprint density at radius 3 is 2.71 bits per heavy atom. The molecule has 1 aromatic heterocycles. The minimum absolute atomic E-state index is 0.149. The topological polar surface area (TPSA) is 54.9 Å². The Morgan fingerprint density at radius 2 is 2.21 bits per heavy atom. The summed E-state index contributed by atoms with van der Waals surface area (Å²) in [6.07, 6.45) is 1.85. The lowest BCUT2D eigenvalue weighted by atomic mass is 10.3. The van der Waals surface area contributed by atoms with Gasteiger partial charge in [-0.15, -0.1) is 0 Å². The fraction of sp³-hybridized carbons (Fsp3) is 0.333. The summed E-state index contributed by atoms with van der Waals surface area (Å²) < 4.78 is 1.29. The highest BCUT2D eigenvalue weighted by Crippen LogP contribution is 2.01. The largest absolute Gasteiger partial charge is 0.329 e. The number of rotatable bonds is 2. The van der Waals surface area contributed by atoms with E-state index in [1.165, 1.54) is 10.6 Å². The van der Waals surface area contributed by atoms with Crippen LogP contribution < -0.4 is 11.2 Å². The van der Waals surface area contributed by atoms with Crippen LogP contribution in [0.3, 0.4) is 0 Å². The molecule has 1 N–H and O–H groups in total. The van der Waals surface area contributed by atoms with Gasteiger partial charge in [0, 0.05) is 12.6 Å². The minimum Gasteiger partial charge on any atom is -0.280 e. The average molecular weight is 215 g/mol. The lowest BCUT2D eigenvalue weighted by Crippen LogP contribution is -2.29. The van der Waals surface area contributed by atoms with Gasteiger partial charge in [0.2, 0.25) is 0 Å². The molecule has 1 aromatic rings. The molecule has 0 radical (unpaired) electrons. The highest BCUT2D eigenvalue weighted by atomic mass is 35.5. The Morgan fingerprint density at radius 1 is 1.57 bits per heavy atom. The number of halogens is 1. The second-order valence-corrected chi connectivity index (χ2v) is 3.54. The molecule has 0 saturated carbocycles. The van der Waals surface area contributed by atoms with E-state index in [0.29, 0.717) is 6.54 Å².